The number of rotatable bonds is 9. The zero-order chi connectivity index (χ0) is 15.0. The fourth-order valence-electron chi connectivity index (χ4n) is 2.06. The number of aliphatic hydroxyl groups excluding tert-OH is 1. The first-order chi connectivity index (χ1) is 9.49. The van der Waals surface area contributed by atoms with E-state index in [-0.39, 0.29) is 17.5 Å². The van der Waals surface area contributed by atoms with Gasteiger partial charge in [0.25, 0.3) is 0 Å². The van der Waals surface area contributed by atoms with Gasteiger partial charge in [0, 0.05) is 12.6 Å². The summed E-state index contributed by atoms with van der Waals surface area (Å²) < 4.78 is 27.1. The first-order valence-electron chi connectivity index (χ1n) is 7.21. The molecule has 1 unspecified atom stereocenters. The zero-order valence-electron chi connectivity index (χ0n) is 12.3. The van der Waals surface area contributed by atoms with Gasteiger partial charge in [-0.05, 0) is 37.5 Å². The fraction of sp³-hybridized carbons (Fsp3) is 0.600. The van der Waals surface area contributed by atoms with Crippen molar-refractivity contribution in [2.24, 2.45) is 0 Å². The summed E-state index contributed by atoms with van der Waals surface area (Å²) in [5, 5.41) is 8.84. The molecule has 0 aliphatic carbocycles. The highest BCUT2D eigenvalue weighted by Gasteiger charge is 2.16. The van der Waals surface area contributed by atoms with Crippen molar-refractivity contribution in [3.05, 3.63) is 29.8 Å². The molecule has 5 heteroatoms. The topological polar surface area (TPSA) is 66.4 Å². The second-order valence-electron chi connectivity index (χ2n) is 5.14. The minimum atomic E-state index is -3.44. The molecule has 20 heavy (non-hydrogen) atoms. The molecular formula is C15H25NO3S. The Morgan fingerprint density at radius 2 is 1.85 bits per heavy atom. The average molecular weight is 299 g/mol. The molecule has 0 aliphatic rings. The van der Waals surface area contributed by atoms with Gasteiger partial charge in [0.1, 0.15) is 0 Å². The quantitative estimate of drug-likeness (QED) is 0.688. The molecule has 1 rings (SSSR count). The van der Waals surface area contributed by atoms with Gasteiger partial charge in [-0.2, -0.15) is 0 Å². The standard InChI is InChI=1S/C15H25NO3S/c1-3-4-5-6-13(2)16-20(18,19)15-9-7-14(8-10-15)11-12-17/h7-10,13,16-17H,3-6,11-12H2,1-2H3. The van der Waals surface area contributed by atoms with E-state index in [2.05, 4.69) is 11.6 Å². The van der Waals surface area contributed by atoms with E-state index in [0.29, 0.717) is 6.42 Å². The van der Waals surface area contributed by atoms with E-state index >= 15 is 0 Å². The number of nitrogens with one attached hydrogen (secondary N) is 1. The van der Waals surface area contributed by atoms with Crippen molar-refractivity contribution in [3.8, 4) is 0 Å². The van der Waals surface area contributed by atoms with Crippen molar-refractivity contribution in [2.75, 3.05) is 6.61 Å². The summed E-state index contributed by atoms with van der Waals surface area (Å²) in [6.45, 7) is 4.09. The lowest BCUT2D eigenvalue weighted by Crippen LogP contribution is -2.32. The van der Waals surface area contributed by atoms with Crippen LogP contribution < -0.4 is 4.72 Å². The monoisotopic (exact) mass is 299 g/mol. The van der Waals surface area contributed by atoms with Gasteiger partial charge in [-0.25, -0.2) is 13.1 Å². The molecule has 114 valence electrons. The first-order valence-corrected chi connectivity index (χ1v) is 8.70. The maximum Gasteiger partial charge on any atom is 0.240 e. The second-order valence-corrected chi connectivity index (χ2v) is 6.85. The van der Waals surface area contributed by atoms with E-state index in [9.17, 15) is 8.42 Å². The summed E-state index contributed by atoms with van der Waals surface area (Å²) in [4.78, 5) is 0.279. The van der Waals surface area contributed by atoms with E-state index in [4.69, 9.17) is 5.11 Å². The predicted octanol–water partition coefficient (Wildman–Crippen LogP) is 2.47. The molecule has 0 radical (unpaired) electrons. The van der Waals surface area contributed by atoms with Gasteiger partial charge in [-0.15, -0.1) is 0 Å². The molecule has 0 aromatic heterocycles. The van der Waals surface area contributed by atoms with Crippen LogP contribution in [0.5, 0.6) is 0 Å². The van der Waals surface area contributed by atoms with Crippen molar-refractivity contribution >= 4 is 10.0 Å². The van der Waals surface area contributed by atoms with Crippen molar-refractivity contribution in [2.45, 2.75) is 56.9 Å². The first kappa shape index (κ1) is 17.1. The van der Waals surface area contributed by atoms with Crippen LogP contribution in [0, 0.1) is 0 Å². The Hall–Kier alpha value is -0.910. The van der Waals surface area contributed by atoms with Crippen LogP contribution in [0.3, 0.4) is 0 Å². The van der Waals surface area contributed by atoms with Gasteiger partial charge in [0.15, 0.2) is 0 Å². The highest BCUT2D eigenvalue weighted by atomic mass is 32.2. The van der Waals surface area contributed by atoms with Gasteiger partial charge < -0.3 is 5.11 Å². The Labute approximate surface area is 122 Å². The minimum absolute atomic E-state index is 0.0522. The summed E-state index contributed by atoms with van der Waals surface area (Å²) in [5.74, 6) is 0. The molecule has 0 aliphatic heterocycles. The van der Waals surface area contributed by atoms with Crippen molar-refractivity contribution < 1.29 is 13.5 Å². The van der Waals surface area contributed by atoms with Gasteiger partial charge in [0.05, 0.1) is 4.90 Å². The minimum Gasteiger partial charge on any atom is -0.396 e. The van der Waals surface area contributed by atoms with Crippen LogP contribution in [-0.2, 0) is 16.4 Å². The van der Waals surface area contributed by atoms with Crippen LogP contribution in [0.1, 0.15) is 45.1 Å². The smallest absolute Gasteiger partial charge is 0.240 e. The summed E-state index contributed by atoms with van der Waals surface area (Å²) in [7, 11) is -3.44. The number of hydrogen-bond acceptors (Lipinski definition) is 3. The molecular weight excluding hydrogens is 274 g/mol. The van der Waals surface area contributed by atoms with Crippen LogP contribution in [0.15, 0.2) is 29.2 Å². The molecule has 0 saturated heterocycles. The van der Waals surface area contributed by atoms with Crippen molar-refractivity contribution in [1.82, 2.24) is 4.72 Å². The molecule has 0 bridgehead atoms. The summed E-state index contributed by atoms with van der Waals surface area (Å²) in [5.41, 5.74) is 0.933. The van der Waals surface area contributed by atoms with Gasteiger partial charge in [-0.3, -0.25) is 0 Å². The lowest BCUT2D eigenvalue weighted by Gasteiger charge is -2.14. The van der Waals surface area contributed by atoms with E-state index in [1.165, 1.54) is 0 Å². The van der Waals surface area contributed by atoms with E-state index < -0.39 is 10.0 Å². The molecule has 4 nitrogen and oxygen atoms in total. The number of sulfonamides is 1. The predicted molar refractivity (Wildman–Crippen MR) is 81.2 cm³/mol. The maximum atomic E-state index is 12.2. The molecule has 0 saturated carbocycles. The van der Waals surface area contributed by atoms with E-state index in [1.807, 2.05) is 6.92 Å². The second kappa shape index (κ2) is 8.39. The Morgan fingerprint density at radius 1 is 1.20 bits per heavy atom. The highest BCUT2D eigenvalue weighted by molar-refractivity contribution is 7.89. The van der Waals surface area contributed by atoms with Gasteiger partial charge in [0.2, 0.25) is 10.0 Å². The molecule has 1 aromatic carbocycles. The van der Waals surface area contributed by atoms with Gasteiger partial charge in [-0.1, -0.05) is 38.3 Å². The third kappa shape index (κ3) is 5.61. The Kier molecular flexibility index (Phi) is 7.19. The van der Waals surface area contributed by atoms with Crippen molar-refractivity contribution in [3.63, 3.8) is 0 Å². The SMILES string of the molecule is CCCCCC(C)NS(=O)(=O)c1ccc(CCO)cc1. The Balaban J connectivity index is 2.63. The lowest BCUT2D eigenvalue weighted by atomic mass is 10.1. The lowest BCUT2D eigenvalue weighted by molar-refractivity contribution is 0.299. The van der Waals surface area contributed by atoms with E-state index in [1.54, 1.807) is 24.3 Å². The Bertz CT molecular complexity index is 482. The number of hydrogen-bond donors (Lipinski definition) is 2. The number of unbranched alkanes of at least 4 members (excludes halogenated alkanes) is 2. The molecule has 0 heterocycles. The maximum absolute atomic E-state index is 12.2. The van der Waals surface area contributed by atoms with Crippen LogP contribution >= 0.6 is 0 Å². The molecule has 1 atom stereocenters. The fourth-order valence-corrected chi connectivity index (χ4v) is 3.33. The normalized spacial score (nSPS) is 13.3. The van der Waals surface area contributed by atoms with E-state index in [0.717, 1.165) is 31.2 Å². The molecule has 0 fully saturated rings. The molecule has 0 amide bonds. The van der Waals surface area contributed by atoms with Crippen LogP contribution in [0.4, 0.5) is 0 Å². The summed E-state index contributed by atoms with van der Waals surface area (Å²) in [6, 6.07) is 6.61. The highest BCUT2D eigenvalue weighted by Crippen LogP contribution is 2.13. The van der Waals surface area contributed by atoms with Crippen LogP contribution in [0.2, 0.25) is 0 Å². The molecule has 0 spiro atoms. The largest absolute Gasteiger partial charge is 0.396 e. The van der Waals surface area contributed by atoms with Gasteiger partial charge >= 0.3 is 0 Å². The van der Waals surface area contributed by atoms with Crippen LogP contribution in [0.25, 0.3) is 0 Å². The summed E-state index contributed by atoms with van der Waals surface area (Å²) >= 11 is 0. The number of aliphatic hydroxyl groups is 1. The van der Waals surface area contributed by atoms with Crippen LogP contribution in [-0.4, -0.2) is 26.2 Å². The van der Waals surface area contributed by atoms with Crippen molar-refractivity contribution in [1.29, 1.82) is 0 Å². The molecule has 1 aromatic rings. The zero-order valence-corrected chi connectivity index (χ0v) is 13.1. The Morgan fingerprint density at radius 3 is 2.40 bits per heavy atom. The molecule has 2 N–H and O–H groups in total. The summed E-state index contributed by atoms with van der Waals surface area (Å²) in [6.07, 6.45) is 4.69. The number of benzene rings is 1. The third-order valence-electron chi connectivity index (χ3n) is 3.23. The third-order valence-corrected chi connectivity index (χ3v) is 4.84. The average Bonchev–Trinajstić information content (AvgIpc) is 2.39.